The molecular weight excluding hydrogens is 283 g/mol. The number of hydrogen-bond donors (Lipinski definition) is 0. The van der Waals surface area contributed by atoms with E-state index in [2.05, 4.69) is 13.8 Å². The van der Waals surface area contributed by atoms with Crippen molar-refractivity contribution in [3.8, 4) is 11.5 Å². The van der Waals surface area contributed by atoms with Crippen LogP contribution in [0.5, 0.6) is 11.5 Å². The Labute approximate surface area is 126 Å². The van der Waals surface area contributed by atoms with E-state index in [1.807, 2.05) is 24.3 Å². The van der Waals surface area contributed by atoms with Crippen molar-refractivity contribution in [1.82, 2.24) is 0 Å². The molecule has 1 aromatic carbocycles. The minimum atomic E-state index is -0.0599. The minimum Gasteiger partial charge on any atom is -0.497 e. The molecule has 0 atom stereocenters. The minimum absolute atomic E-state index is 0.0599. The first-order valence-corrected chi connectivity index (χ1v) is 7.53. The van der Waals surface area contributed by atoms with Gasteiger partial charge in [-0.1, -0.05) is 13.8 Å². The zero-order chi connectivity index (χ0) is 14.3. The van der Waals surface area contributed by atoms with E-state index in [0.29, 0.717) is 24.3 Å². The molecule has 4 heteroatoms. The highest BCUT2D eigenvalue weighted by molar-refractivity contribution is 6.21. The van der Waals surface area contributed by atoms with Crippen molar-refractivity contribution in [1.29, 1.82) is 0 Å². The van der Waals surface area contributed by atoms with E-state index >= 15 is 0 Å². The Morgan fingerprint density at radius 2 is 1.58 bits per heavy atom. The summed E-state index contributed by atoms with van der Waals surface area (Å²) in [5.41, 5.74) is -0.0599. The van der Waals surface area contributed by atoms with Crippen LogP contribution in [0.2, 0.25) is 0 Å². The average Bonchev–Trinajstić information content (AvgIpc) is 2.44. The lowest BCUT2D eigenvalue weighted by Gasteiger charge is -2.33. The molecule has 0 spiro atoms. The Hall–Kier alpha value is -0.600. The fraction of sp³-hybridized carbons (Fsp3) is 0.600. The van der Waals surface area contributed by atoms with Crippen LogP contribution in [0.4, 0.5) is 0 Å². The van der Waals surface area contributed by atoms with Gasteiger partial charge in [0.25, 0.3) is 0 Å². The van der Waals surface area contributed by atoms with Gasteiger partial charge in [-0.2, -0.15) is 0 Å². The van der Waals surface area contributed by atoms with Crippen LogP contribution in [0.1, 0.15) is 20.3 Å². The Kier molecular flexibility index (Phi) is 6.81. The summed E-state index contributed by atoms with van der Waals surface area (Å²) in [6.07, 6.45) is 0.851. The third kappa shape index (κ3) is 4.47. The van der Waals surface area contributed by atoms with Gasteiger partial charge in [-0.05, 0) is 36.6 Å². The van der Waals surface area contributed by atoms with Crippen LogP contribution in [0.15, 0.2) is 24.3 Å². The zero-order valence-corrected chi connectivity index (χ0v) is 13.3. The average molecular weight is 305 g/mol. The van der Waals surface area contributed by atoms with Gasteiger partial charge in [0.05, 0.1) is 13.7 Å². The SMILES string of the molecule is COc1ccc(OCCC(CCl)(CCl)C(C)C)cc1. The Bertz CT molecular complexity index is 359. The molecule has 108 valence electrons. The molecule has 0 amide bonds. The molecular formula is C15H22Cl2O2. The molecule has 1 rings (SSSR count). The lowest BCUT2D eigenvalue weighted by Crippen LogP contribution is -2.33. The van der Waals surface area contributed by atoms with Crippen LogP contribution >= 0.6 is 23.2 Å². The first-order valence-electron chi connectivity index (χ1n) is 6.47. The summed E-state index contributed by atoms with van der Waals surface area (Å²) in [6, 6.07) is 7.57. The molecule has 0 unspecified atom stereocenters. The predicted octanol–water partition coefficient (Wildman–Crippen LogP) is 4.58. The van der Waals surface area contributed by atoms with Crippen LogP contribution in [-0.4, -0.2) is 25.5 Å². The predicted molar refractivity (Wildman–Crippen MR) is 81.8 cm³/mol. The maximum absolute atomic E-state index is 6.08. The number of hydrogen-bond acceptors (Lipinski definition) is 2. The molecule has 1 aromatic rings. The van der Waals surface area contributed by atoms with Gasteiger partial charge in [0.1, 0.15) is 11.5 Å². The summed E-state index contributed by atoms with van der Waals surface area (Å²) in [4.78, 5) is 0. The number of rotatable bonds is 8. The first-order chi connectivity index (χ1) is 9.07. The summed E-state index contributed by atoms with van der Waals surface area (Å²) in [7, 11) is 1.65. The molecule has 2 nitrogen and oxygen atoms in total. The van der Waals surface area contributed by atoms with E-state index in [4.69, 9.17) is 32.7 Å². The number of benzene rings is 1. The van der Waals surface area contributed by atoms with Crippen LogP contribution in [-0.2, 0) is 0 Å². The van der Waals surface area contributed by atoms with E-state index in [1.165, 1.54) is 0 Å². The molecule has 0 saturated carbocycles. The van der Waals surface area contributed by atoms with E-state index < -0.39 is 0 Å². The van der Waals surface area contributed by atoms with Gasteiger partial charge in [0.2, 0.25) is 0 Å². The fourth-order valence-corrected chi connectivity index (χ4v) is 2.98. The molecule has 0 aliphatic carbocycles. The smallest absolute Gasteiger partial charge is 0.119 e. The highest BCUT2D eigenvalue weighted by Crippen LogP contribution is 2.34. The van der Waals surface area contributed by atoms with Crippen molar-refractivity contribution in [2.75, 3.05) is 25.5 Å². The number of alkyl halides is 2. The lowest BCUT2D eigenvalue weighted by atomic mass is 9.78. The third-order valence-electron chi connectivity index (χ3n) is 3.69. The summed E-state index contributed by atoms with van der Waals surface area (Å²) in [6.45, 7) is 4.92. The van der Waals surface area contributed by atoms with Crippen LogP contribution < -0.4 is 9.47 Å². The quantitative estimate of drug-likeness (QED) is 0.654. The van der Waals surface area contributed by atoms with Crippen molar-refractivity contribution in [2.24, 2.45) is 11.3 Å². The summed E-state index contributed by atoms with van der Waals surface area (Å²) >= 11 is 12.2. The number of methoxy groups -OCH3 is 1. The Morgan fingerprint density at radius 3 is 2.00 bits per heavy atom. The second-order valence-corrected chi connectivity index (χ2v) is 5.59. The first kappa shape index (κ1) is 16.5. The second-order valence-electron chi connectivity index (χ2n) is 5.06. The topological polar surface area (TPSA) is 18.5 Å². The van der Waals surface area contributed by atoms with E-state index in [-0.39, 0.29) is 5.41 Å². The van der Waals surface area contributed by atoms with Crippen molar-refractivity contribution < 1.29 is 9.47 Å². The van der Waals surface area contributed by atoms with Crippen LogP contribution in [0, 0.1) is 11.3 Å². The van der Waals surface area contributed by atoms with Crippen molar-refractivity contribution >= 4 is 23.2 Å². The number of ether oxygens (including phenoxy) is 2. The molecule has 0 bridgehead atoms. The maximum atomic E-state index is 6.08. The van der Waals surface area contributed by atoms with Gasteiger partial charge in [0.15, 0.2) is 0 Å². The van der Waals surface area contributed by atoms with Crippen molar-refractivity contribution in [3.63, 3.8) is 0 Å². The van der Waals surface area contributed by atoms with Gasteiger partial charge >= 0.3 is 0 Å². The Morgan fingerprint density at radius 1 is 1.05 bits per heavy atom. The number of halogens is 2. The van der Waals surface area contributed by atoms with Gasteiger partial charge in [-0.15, -0.1) is 23.2 Å². The Balaban J connectivity index is 2.51. The van der Waals surface area contributed by atoms with Crippen molar-refractivity contribution in [2.45, 2.75) is 20.3 Å². The van der Waals surface area contributed by atoms with Crippen LogP contribution in [0.3, 0.4) is 0 Å². The molecule has 0 aliphatic heterocycles. The summed E-state index contributed by atoms with van der Waals surface area (Å²) in [5, 5.41) is 0. The van der Waals surface area contributed by atoms with E-state index in [9.17, 15) is 0 Å². The van der Waals surface area contributed by atoms with Gasteiger partial charge in [-0.3, -0.25) is 0 Å². The lowest BCUT2D eigenvalue weighted by molar-refractivity contribution is 0.182. The molecule has 19 heavy (non-hydrogen) atoms. The molecule has 0 fully saturated rings. The van der Waals surface area contributed by atoms with Gasteiger partial charge < -0.3 is 9.47 Å². The van der Waals surface area contributed by atoms with E-state index in [0.717, 1.165) is 17.9 Å². The molecule has 0 aliphatic rings. The highest BCUT2D eigenvalue weighted by Gasteiger charge is 2.32. The summed E-state index contributed by atoms with van der Waals surface area (Å²) < 4.78 is 10.8. The molecule has 0 saturated heterocycles. The highest BCUT2D eigenvalue weighted by atomic mass is 35.5. The fourth-order valence-electron chi connectivity index (χ4n) is 1.81. The maximum Gasteiger partial charge on any atom is 0.119 e. The van der Waals surface area contributed by atoms with Crippen LogP contribution in [0.25, 0.3) is 0 Å². The second kappa shape index (κ2) is 7.86. The molecule has 0 aromatic heterocycles. The molecule has 0 N–H and O–H groups in total. The zero-order valence-electron chi connectivity index (χ0n) is 11.8. The third-order valence-corrected chi connectivity index (χ3v) is 4.75. The van der Waals surface area contributed by atoms with E-state index in [1.54, 1.807) is 7.11 Å². The monoisotopic (exact) mass is 304 g/mol. The molecule has 0 heterocycles. The normalized spacial score (nSPS) is 11.7. The van der Waals surface area contributed by atoms with Gasteiger partial charge in [-0.25, -0.2) is 0 Å². The van der Waals surface area contributed by atoms with Gasteiger partial charge in [0, 0.05) is 17.2 Å². The standard InChI is InChI=1S/C15H22Cl2O2/c1-12(2)15(10-16,11-17)8-9-19-14-6-4-13(18-3)5-7-14/h4-7,12H,8-11H2,1-3H3. The molecule has 0 radical (unpaired) electrons. The largest absolute Gasteiger partial charge is 0.497 e. The summed E-state index contributed by atoms with van der Waals surface area (Å²) in [5.74, 6) is 3.20. The van der Waals surface area contributed by atoms with Crippen molar-refractivity contribution in [3.05, 3.63) is 24.3 Å².